The van der Waals surface area contributed by atoms with Crippen LogP contribution < -0.4 is 10.6 Å². The van der Waals surface area contributed by atoms with Crippen molar-refractivity contribution < 1.29 is 27.5 Å². The van der Waals surface area contributed by atoms with Crippen LogP contribution in [0.15, 0.2) is 30.3 Å². The molecule has 1 saturated heterocycles. The summed E-state index contributed by atoms with van der Waals surface area (Å²) in [5.41, 5.74) is 0.0901. The minimum atomic E-state index is -5.05. The summed E-state index contributed by atoms with van der Waals surface area (Å²) in [5, 5.41) is 4.39. The fraction of sp³-hybridized carbons (Fsp3) is 0.333. The zero-order valence-electron chi connectivity index (χ0n) is 11.8. The van der Waals surface area contributed by atoms with Crippen LogP contribution in [0.25, 0.3) is 6.08 Å². The van der Waals surface area contributed by atoms with Crippen molar-refractivity contribution in [1.82, 2.24) is 10.6 Å². The topological polar surface area (TPSA) is 67.4 Å². The number of fused-ring (bicyclic) bond motifs is 1. The molecule has 8 heteroatoms. The monoisotopic (exact) mass is 326 g/mol. The Morgan fingerprint density at radius 1 is 1.22 bits per heavy atom. The smallest absolute Gasteiger partial charge is 0.375 e. The molecule has 1 fully saturated rings. The zero-order chi connectivity index (χ0) is 16.7. The first kappa shape index (κ1) is 15.5. The van der Waals surface area contributed by atoms with Crippen molar-refractivity contribution in [3.63, 3.8) is 0 Å². The first-order chi connectivity index (χ1) is 10.8. The molecule has 1 aromatic carbocycles. The molecule has 0 radical (unpaired) electrons. The first-order valence-electron chi connectivity index (χ1n) is 6.87. The maximum atomic E-state index is 12.4. The van der Waals surface area contributed by atoms with Crippen molar-refractivity contribution in [3.05, 3.63) is 41.5 Å². The van der Waals surface area contributed by atoms with Gasteiger partial charge in [0, 0.05) is 0 Å². The van der Waals surface area contributed by atoms with E-state index in [9.17, 15) is 22.8 Å². The normalized spacial score (nSPS) is 21.3. The van der Waals surface area contributed by atoms with Gasteiger partial charge in [0.1, 0.15) is 0 Å². The SMILES string of the molecule is O=C(NC1(C(=O)N[C@H]2C=Cc3ccccc32)COC1)C(F)(F)F. The minimum absolute atomic E-state index is 0.293. The number of hydrogen-bond acceptors (Lipinski definition) is 3. The van der Waals surface area contributed by atoms with Gasteiger partial charge >= 0.3 is 12.1 Å². The molecule has 2 N–H and O–H groups in total. The van der Waals surface area contributed by atoms with Gasteiger partial charge in [0.25, 0.3) is 5.91 Å². The number of halogens is 3. The van der Waals surface area contributed by atoms with E-state index >= 15 is 0 Å². The summed E-state index contributed by atoms with van der Waals surface area (Å²) >= 11 is 0. The number of rotatable bonds is 3. The molecule has 2 amide bonds. The largest absolute Gasteiger partial charge is 0.471 e. The maximum Gasteiger partial charge on any atom is 0.471 e. The molecule has 0 bridgehead atoms. The summed E-state index contributed by atoms with van der Waals surface area (Å²) in [6.07, 6.45) is -1.50. The summed E-state index contributed by atoms with van der Waals surface area (Å²) in [7, 11) is 0. The Morgan fingerprint density at radius 2 is 1.91 bits per heavy atom. The van der Waals surface area contributed by atoms with Crippen molar-refractivity contribution in [2.45, 2.75) is 17.8 Å². The number of benzene rings is 1. The highest BCUT2D eigenvalue weighted by atomic mass is 19.4. The lowest BCUT2D eigenvalue weighted by atomic mass is 9.95. The second kappa shape index (κ2) is 5.38. The highest BCUT2D eigenvalue weighted by Gasteiger charge is 2.52. The first-order valence-corrected chi connectivity index (χ1v) is 6.87. The summed E-state index contributed by atoms with van der Waals surface area (Å²) < 4.78 is 42.1. The molecule has 1 atom stereocenters. The second-order valence-electron chi connectivity index (χ2n) is 5.47. The van der Waals surface area contributed by atoms with E-state index in [-0.39, 0.29) is 13.2 Å². The second-order valence-corrected chi connectivity index (χ2v) is 5.47. The third kappa shape index (κ3) is 2.81. The van der Waals surface area contributed by atoms with Crippen LogP contribution in [-0.4, -0.2) is 36.7 Å². The molecule has 0 unspecified atom stereocenters. The summed E-state index contributed by atoms with van der Waals surface area (Å²) in [6, 6.07) is 6.89. The van der Waals surface area contributed by atoms with Crippen LogP contribution in [0.2, 0.25) is 0 Å². The third-order valence-electron chi connectivity index (χ3n) is 3.83. The molecular formula is C15H13F3N2O3. The quantitative estimate of drug-likeness (QED) is 0.880. The molecule has 2 aliphatic rings. The zero-order valence-corrected chi connectivity index (χ0v) is 11.8. The molecule has 0 saturated carbocycles. The summed E-state index contributed by atoms with van der Waals surface area (Å²) in [5.74, 6) is -2.86. The molecule has 1 aromatic rings. The van der Waals surface area contributed by atoms with Crippen molar-refractivity contribution in [3.8, 4) is 0 Å². The Kier molecular flexibility index (Phi) is 3.63. The average Bonchev–Trinajstić information content (AvgIpc) is 2.85. The van der Waals surface area contributed by atoms with Gasteiger partial charge in [0.05, 0.1) is 19.3 Å². The Morgan fingerprint density at radius 3 is 2.52 bits per heavy atom. The molecule has 3 rings (SSSR count). The Hall–Kier alpha value is -2.35. The Bertz CT molecular complexity index is 681. The lowest BCUT2D eigenvalue weighted by Crippen LogP contribution is -2.71. The number of alkyl halides is 3. The van der Waals surface area contributed by atoms with E-state index in [2.05, 4.69) is 5.32 Å². The fourth-order valence-electron chi connectivity index (χ4n) is 2.51. The summed E-state index contributed by atoms with van der Waals surface area (Å²) in [4.78, 5) is 23.5. The molecule has 1 aliphatic heterocycles. The molecule has 122 valence electrons. The van der Waals surface area contributed by atoms with E-state index < -0.39 is 29.6 Å². The number of nitrogens with one attached hydrogen (secondary N) is 2. The molecule has 0 spiro atoms. The van der Waals surface area contributed by atoms with Gasteiger partial charge in [0.2, 0.25) is 0 Å². The van der Waals surface area contributed by atoms with E-state index in [0.717, 1.165) is 11.1 Å². The minimum Gasteiger partial charge on any atom is -0.375 e. The lowest BCUT2D eigenvalue weighted by molar-refractivity contribution is -0.184. The van der Waals surface area contributed by atoms with Gasteiger partial charge in [-0.1, -0.05) is 36.4 Å². The van der Waals surface area contributed by atoms with Gasteiger partial charge in [-0.05, 0) is 11.1 Å². The highest BCUT2D eigenvalue weighted by molar-refractivity contribution is 5.94. The number of ether oxygens (including phenoxy) is 1. The van der Waals surface area contributed by atoms with Crippen LogP contribution in [0, 0.1) is 0 Å². The number of amides is 2. The van der Waals surface area contributed by atoms with Crippen molar-refractivity contribution in [1.29, 1.82) is 0 Å². The fourth-order valence-corrected chi connectivity index (χ4v) is 2.51. The van der Waals surface area contributed by atoms with Gasteiger partial charge in [-0.2, -0.15) is 13.2 Å². The van der Waals surface area contributed by atoms with Gasteiger partial charge in [-0.3, -0.25) is 9.59 Å². The van der Waals surface area contributed by atoms with Gasteiger partial charge < -0.3 is 15.4 Å². The maximum absolute atomic E-state index is 12.4. The van der Waals surface area contributed by atoms with Gasteiger partial charge in [-0.25, -0.2) is 0 Å². The van der Waals surface area contributed by atoms with Crippen LogP contribution >= 0.6 is 0 Å². The number of carbonyl (C=O) groups is 2. The third-order valence-corrected chi connectivity index (χ3v) is 3.83. The van der Waals surface area contributed by atoms with E-state index in [1.54, 1.807) is 17.5 Å². The molecule has 0 aromatic heterocycles. The van der Waals surface area contributed by atoms with E-state index in [0.29, 0.717) is 0 Å². The predicted octanol–water partition coefficient (Wildman–Crippen LogP) is 1.32. The number of carbonyl (C=O) groups excluding carboxylic acids is 2. The average molecular weight is 326 g/mol. The Labute approximate surface area is 129 Å². The summed E-state index contributed by atoms with van der Waals surface area (Å²) in [6.45, 7) is -0.586. The standard InChI is InChI=1S/C15H13F3N2O3/c16-15(17,18)13(22)20-14(7-23-8-14)12(21)19-11-6-5-9-3-1-2-4-10(9)11/h1-6,11H,7-8H2,(H,19,21)(H,20,22)/t11-/m0/s1. The van der Waals surface area contributed by atoms with Crippen molar-refractivity contribution in [2.75, 3.05) is 13.2 Å². The van der Waals surface area contributed by atoms with Crippen LogP contribution in [0.5, 0.6) is 0 Å². The molecule has 5 nitrogen and oxygen atoms in total. The molecule has 23 heavy (non-hydrogen) atoms. The predicted molar refractivity (Wildman–Crippen MR) is 74.1 cm³/mol. The van der Waals surface area contributed by atoms with Crippen LogP contribution in [0.3, 0.4) is 0 Å². The van der Waals surface area contributed by atoms with Crippen LogP contribution in [0.1, 0.15) is 17.2 Å². The van der Waals surface area contributed by atoms with Gasteiger partial charge in [0.15, 0.2) is 5.54 Å². The van der Waals surface area contributed by atoms with E-state index in [1.807, 2.05) is 24.3 Å². The van der Waals surface area contributed by atoms with Crippen LogP contribution in [-0.2, 0) is 14.3 Å². The Balaban J connectivity index is 1.72. The highest BCUT2D eigenvalue weighted by Crippen LogP contribution is 2.29. The van der Waals surface area contributed by atoms with E-state index in [1.165, 1.54) is 0 Å². The number of hydrogen-bond donors (Lipinski definition) is 2. The molecular weight excluding hydrogens is 313 g/mol. The molecule has 1 heterocycles. The molecule has 1 aliphatic carbocycles. The lowest BCUT2D eigenvalue weighted by Gasteiger charge is -2.40. The van der Waals surface area contributed by atoms with E-state index in [4.69, 9.17) is 4.74 Å². The van der Waals surface area contributed by atoms with Crippen molar-refractivity contribution in [2.24, 2.45) is 0 Å². The van der Waals surface area contributed by atoms with Crippen LogP contribution in [0.4, 0.5) is 13.2 Å². The van der Waals surface area contributed by atoms with Crippen molar-refractivity contribution >= 4 is 17.9 Å². The van der Waals surface area contributed by atoms with Gasteiger partial charge in [-0.15, -0.1) is 0 Å².